The zero-order valence-corrected chi connectivity index (χ0v) is 20.5. The van der Waals surface area contributed by atoms with Gasteiger partial charge in [0.25, 0.3) is 5.91 Å². The standard InChI is InChI=1S/C25H34N4O3S/c1-18-11-14-29(15-12-18)23-10-7-20(17-22(23)24(30)26-13-4-16-32-2)28-25(31)27-19-5-8-21(33-3)9-6-19/h5-10,17-18H,4,11-16H2,1-3H3,(H,26,30)(H2,27,28,31). The van der Waals surface area contributed by atoms with Gasteiger partial charge in [-0.05, 0) is 73.9 Å². The van der Waals surface area contributed by atoms with Gasteiger partial charge in [0.05, 0.1) is 5.56 Å². The van der Waals surface area contributed by atoms with Gasteiger partial charge >= 0.3 is 6.03 Å². The number of carbonyl (C=O) groups excluding carboxylic acids is 2. The maximum absolute atomic E-state index is 13.0. The fraction of sp³-hybridized carbons (Fsp3) is 0.440. The predicted molar refractivity (Wildman–Crippen MR) is 137 cm³/mol. The fourth-order valence-corrected chi connectivity index (χ4v) is 4.21. The highest BCUT2D eigenvalue weighted by molar-refractivity contribution is 7.98. The summed E-state index contributed by atoms with van der Waals surface area (Å²) in [6, 6.07) is 12.8. The molecule has 1 aliphatic rings. The number of hydrogen-bond donors (Lipinski definition) is 3. The summed E-state index contributed by atoms with van der Waals surface area (Å²) in [5, 5.41) is 8.67. The summed E-state index contributed by atoms with van der Waals surface area (Å²) in [6.07, 6.45) is 4.96. The molecule has 8 heteroatoms. The molecule has 3 rings (SSSR count). The Labute approximate surface area is 200 Å². The number of amides is 3. The van der Waals surface area contributed by atoms with E-state index in [-0.39, 0.29) is 11.9 Å². The summed E-state index contributed by atoms with van der Waals surface area (Å²) >= 11 is 1.65. The van der Waals surface area contributed by atoms with Crippen molar-refractivity contribution < 1.29 is 14.3 Å². The number of thioether (sulfide) groups is 1. The lowest BCUT2D eigenvalue weighted by atomic mass is 9.98. The molecule has 2 aromatic carbocycles. The SMILES string of the molecule is COCCCNC(=O)c1cc(NC(=O)Nc2ccc(SC)cc2)ccc1N1CCC(C)CC1. The van der Waals surface area contributed by atoms with Gasteiger partial charge in [0.2, 0.25) is 0 Å². The second-order valence-corrected chi connectivity index (χ2v) is 9.19. The van der Waals surface area contributed by atoms with Gasteiger partial charge in [-0.1, -0.05) is 6.92 Å². The van der Waals surface area contributed by atoms with Gasteiger partial charge in [-0.15, -0.1) is 11.8 Å². The molecule has 3 N–H and O–H groups in total. The summed E-state index contributed by atoms with van der Waals surface area (Å²) < 4.78 is 5.07. The number of ether oxygens (including phenoxy) is 1. The van der Waals surface area contributed by atoms with Crippen LogP contribution in [-0.2, 0) is 4.74 Å². The first-order valence-corrected chi connectivity index (χ1v) is 12.6. The molecular formula is C25H34N4O3S. The second kappa shape index (κ2) is 12.5. The molecule has 0 bridgehead atoms. The van der Waals surface area contributed by atoms with E-state index in [0.29, 0.717) is 36.0 Å². The second-order valence-electron chi connectivity index (χ2n) is 8.31. The molecule has 0 atom stereocenters. The van der Waals surface area contributed by atoms with Crippen LogP contribution in [0.3, 0.4) is 0 Å². The van der Waals surface area contributed by atoms with Gasteiger partial charge in [0.15, 0.2) is 0 Å². The van der Waals surface area contributed by atoms with Crippen LogP contribution in [-0.4, -0.2) is 51.5 Å². The van der Waals surface area contributed by atoms with Crippen LogP contribution in [0.4, 0.5) is 21.9 Å². The van der Waals surface area contributed by atoms with Crippen LogP contribution in [0.5, 0.6) is 0 Å². The van der Waals surface area contributed by atoms with Crippen LogP contribution in [0.25, 0.3) is 0 Å². The van der Waals surface area contributed by atoms with Crippen molar-refractivity contribution in [2.24, 2.45) is 5.92 Å². The minimum absolute atomic E-state index is 0.142. The maximum Gasteiger partial charge on any atom is 0.323 e. The van der Waals surface area contributed by atoms with E-state index in [1.807, 2.05) is 42.7 Å². The van der Waals surface area contributed by atoms with Crippen LogP contribution in [0.2, 0.25) is 0 Å². The van der Waals surface area contributed by atoms with Crippen LogP contribution >= 0.6 is 11.8 Å². The molecule has 0 aromatic heterocycles. The number of hydrogen-bond acceptors (Lipinski definition) is 5. The van der Waals surface area contributed by atoms with E-state index < -0.39 is 0 Å². The lowest BCUT2D eigenvalue weighted by Crippen LogP contribution is -2.35. The van der Waals surface area contributed by atoms with Gasteiger partial charge < -0.3 is 25.6 Å². The minimum Gasteiger partial charge on any atom is -0.385 e. The third-order valence-electron chi connectivity index (χ3n) is 5.78. The van der Waals surface area contributed by atoms with Gasteiger partial charge in [-0.2, -0.15) is 0 Å². The molecule has 178 valence electrons. The number of piperidine rings is 1. The molecule has 7 nitrogen and oxygen atoms in total. The van der Waals surface area contributed by atoms with Gasteiger partial charge in [-0.3, -0.25) is 4.79 Å². The predicted octanol–water partition coefficient (Wildman–Crippen LogP) is 5.06. The number of rotatable bonds is 9. The Hall–Kier alpha value is -2.71. The zero-order valence-electron chi connectivity index (χ0n) is 19.6. The van der Waals surface area contributed by atoms with Crippen LogP contribution < -0.4 is 20.9 Å². The van der Waals surface area contributed by atoms with Crippen molar-refractivity contribution in [1.82, 2.24) is 5.32 Å². The largest absolute Gasteiger partial charge is 0.385 e. The Bertz CT molecular complexity index is 928. The van der Waals surface area contributed by atoms with Crippen molar-refractivity contribution in [3.8, 4) is 0 Å². The first-order valence-electron chi connectivity index (χ1n) is 11.4. The molecule has 0 saturated carbocycles. The lowest BCUT2D eigenvalue weighted by molar-refractivity contribution is 0.0949. The van der Waals surface area contributed by atoms with E-state index in [4.69, 9.17) is 4.74 Å². The van der Waals surface area contributed by atoms with Gasteiger partial charge in [-0.25, -0.2) is 4.79 Å². The highest BCUT2D eigenvalue weighted by atomic mass is 32.2. The highest BCUT2D eigenvalue weighted by Crippen LogP contribution is 2.29. The number of anilines is 3. The number of nitrogens with one attached hydrogen (secondary N) is 3. The highest BCUT2D eigenvalue weighted by Gasteiger charge is 2.22. The summed E-state index contributed by atoms with van der Waals surface area (Å²) in [6.45, 7) is 5.24. The first kappa shape index (κ1) is 24.9. The average molecular weight is 471 g/mol. The molecule has 0 unspecified atom stereocenters. The molecule has 1 fully saturated rings. The number of urea groups is 1. The van der Waals surface area contributed by atoms with Gasteiger partial charge in [0, 0.05) is 55.3 Å². The van der Waals surface area contributed by atoms with E-state index in [1.165, 1.54) is 0 Å². The van der Waals surface area contributed by atoms with Crippen molar-refractivity contribution in [3.05, 3.63) is 48.0 Å². The van der Waals surface area contributed by atoms with Crippen LogP contribution in [0, 0.1) is 5.92 Å². The van der Waals surface area contributed by atoms with Crippen molar-refractivity contribution in [1.29, 1.82) is 0 Å². The maximum atomic E-state index is 13.0. The fourth-order valence-electron chi connectivity index (χ4n) is 3.80. The third kappa shape index (κ3) is 7.40. The number of nitrogens with zero attached hydrogens (tertiary/aromatic N) is 1. The van der Waals surface area contributed by atoms with Crippen molar-refractivity contribution in [3.63, 3.8) is 0 Å². The molecule has 1 aliphatic heterocycles. The Morgan fingerprint density at radius 2 is 1.73 bits per heavy atom. The van der Waals surface area contributed by atoms with Crippen molar-refractivity contribution in [2.45, 2.75) is 31.1 Å². The molecule has 3 amide bonds. The molecule has 0 aliphatic carbocycles. The molecule has 0 spiro atoms. The number of benzene rings is 2. The smallest absolute Gasteiger partial charge is 0.323 e. The van der Waals surface area contributed by atoms with Crippen LogP contribution in [0.1, 0.15) is 36.5 Å². The van der Waals surface area contributed by atoms with E-state index >= 15 is 0 Å². The molecule has 2 aromatic rings. The molecule has 0 radical (unpaired) electrons. The average Bonchev–Trinajstić information content (AvgIpc) is 2.83. The normalized spacial score (nSPS) is 14.1. The van der Waals surface area contributed by atoms with Crippen molar-refractivity contribution >= 4 is 40.8 Å². The van der Waals surface area contributed by atoms with Crippen molar-refractivity contribution in [2.75, 3.05) is 55.1 Å². The Morgan fingerprint density at radius 3 is 2.39 bits per heavy atom. The molecule has 1 saturated heterocycles. The third-order valence-corrected chi connectivity index (χ3v) is 6.53. The first-order chi connectivity index (χ1) is 16.0. The summed E-state index contributed by atoms with van der Waals surface area (Å²) in [4.78, 5) is 28.9. The van der Waals surface area contributed by atoms with E-state index in [9.17, 15) is 9.59 Å². The molecular weight excluding hydrogens is 436 g/mol. The van der Waals surface area contributed by atoms with E-state index in [1.54, 1.807) is 24.9 Å². The number of methoxy groups -OCH3 is 1. The number of carbonyl (C=O) groups is 2. The topological polar surface area (TPSA) is 82.7 Å². The van der Waals surface area contributed by atoms with E-state index in [0.717, 1.165) is 42.9 Å². The lowest BCUT2D eigenvalue weighted by Gasteiger charge is -2.33. The monoisotopic (exact) mass is 470 g/mol. The quantitative estimate of drug-likeness (QED) is 0.353. The van der Waals surface area contributed by atoms with Crippen LogP contribution in [0.15, 0.2) is 47.4 Å². The zero-order chi connectivity index (χ0) is 23.6. The summed E-state index contributed by atoms with van der Waals surface area (Å²) in [5.41, 5.74) is 2.76. The minimum atomic E-state index is -0.349. The Balaban J connectivity index is 1.73. The van der Waals surface area contributed by atoms with Gasteiger partial charge in [0.1, 0.15) is 0 Å². The Morgan fingerprint density at radius 1 is 1.06 bits per heavy atom. The summed E-state index contributed by atoms with van der Waals surface area (Å²) in [7, 11) is 1.65. The molecule has 1 heterocycles. The molecule has 33 heavy (non-hydrogen) atoms. The van der Waals surface area contributed by atoms with E-state index in [2.05, 4.69) is 27.8 Å². The Kier molecular flexibility index (Phi) is 9.45. The summed E-state index contributed by atoms with van der Waals surface area (Å²) in [5.74, 6) is 0.554.